The molecule has 0 atom stereocenters. The molecule has 0 fully saturated rings. The van der Waals surface area contributed by atoms with Gasteiger partial charge in [-0.15, -0.1) is 0 Å². The number of hydrogen-bond donors (Lipinski definition) is 1. The third-order valence-electron chi connectivity index (χ3n) is 3.56. The highest BCUT2D eigenvalue weighted by Crippen LogP contribution is 2.12. The third-order valence-corrected chi connectivity index (χ3v) is 3.56. The lowest BCUT2D eigenvalue weighted by Gasteiger charge is -2.06. The molecule has 2 aromatic carbocycles. The topological polar surface area (TPSA) is 46.5 Å². The molecule has 3 heteroatoms. The van der Waals surface area contributed by atoms with Crippen molar-refractivity contribution in [1.29, 1.82) is 0 Å². The fraction of sp³-hybridized carbons (Fsp3) is 0.250. The van der Waals surface area contributed by atoms with E-state index in [-0.39, 0.29) is 6.42 Å². The minimum Gasteiger partial charge on any atom is -0.481 e. The fourth-order valence-corrected chi connectivity index (χ4v) is 2.34. The maximum Gasteiger partial charge on any atom is 0.303 e. The van der Waals surface area contributed by atoms with Crippen LogP contribution in [-0.4, -0.2) is 17.7 Å². The van der Waals surface area contributed by atoms with Crippen LogP contribution >= 0.6 is 0 Å². The summed E-state index contributed by atoms with van der Waals surface area (Å²) < 4.78 is 5.60. The Balaban J connectivity index is 1.75. The Bertz CT molecular complexity index is 632. The summed E-state index contributed by atoms with van der Waals surface area (Å²) in [6.07, 6.45) is 5.62. The van der Waals surface area contributed by atoms with E-state index >= 15 is 0 Å². The Kier molecular flexibility index (Phi) is 7.08. The quantitative estimate of drug-likeness (QED) is 0.562. The molecule has 0 saturated carbocycles. The molecule has 120 valence electrons. The van der Waals surface area contributed by atoms with Gasteiger partial charge in [0, 0.05) is 6.42 Å². The first-order valence-electron chi connectivity index (χ1n) is 7.81. The van der Waals surface area contributed by atoms with Gasteiger partial charge < -0.3 is 9.84 Å². The van der Waals surface area contributed by atoms with E-state index in [2.05, 4.69) is 6.08 Å². The van der Waals surface area contributed by atoms with Gasteiger partial charge in [0.15, 0.2) is 0 Å². The lowest BCUT2D eigenvalue weighted by Crippen LogP contribution is -2.00. The van der Waals surface area contributed by atoms with Crippen LogP contribution in [0.2, 0.25) is 0 Å². The zero-order valence-corrected chi connectivity index (χ0v) is 13.2. The van der Waals surface area contributed by atoms with Crippen LogP contribution in [0.5, 0.6) is 0 Å². The van der Waals surface area contributed by atoms with Crippen molar-refractivity contribution in [2.24, 2.45) is 0 Å². The summed E-state index contributed by atoms with van der Waals surface area (Å²) in [4.78, 5) is 10.7. The van der Waals surface area contributed by atoms with Crippen molar-refractivity contribution in [3.05, 3.63) is 83.4 Å². The number of aryl methyl sites for hydroxylation is 1. The molecule has 0 aliphatic carbocycles. The number of hydrogen-bond acceptors (Lipinski definition) is 2. The largest absolute Gasteiger partial charge is 0.481 e. The highest BCUT2D eigenvalue weighted by Gasteiger charge is 2.03. The van der Waals surface area contributed by atoms with Crippen LogP contribution in [0.4, 0.5) is 0 Å². The third kappa shape index (κ3) is 6.49. The fourth-order valence-electron chi connectivity index (χ4n) is 2.34. The molecule has 1 N–H and O–H groups in total. The van der Waals surface area contributed by atoms with Crippen molar-refractivity contribution in [3.8, 4) is 0 Å². The second kappa shape index (κ2) is 9.59. The zero-order chi connectivity index (χ0) is 16.3. The predicted molar refractivity (Wildman–Crippen MR) is 91.3 cm³/mol. The first-order chi connectivity index (χ1) is 11.3. The van der Waals surface area contributed by atoms with Gasteiger partial charge >= 0.3 is 5.97 Å². The van der Waals surface area contributed by atoms with Crippen LogP contribution in [-0.2, 0) is 29.0 Å². The minimum absolute atomic E-state index is 0.168. The number of aliphatic carboxylic acids is 1. The van der Waals surface area contributed by atoms with E-state index in [1.54, 1.807) is 0 Å². The number of allylic oxidation sites excluding steroid dienone is 1. The summed E-state index contributed by atoms with van der Waals surface area (Å²) in [5.74, 6) is -0.760. The van der Waals surface area contributed by atoms with E-state index in [0.29, 0.717) is 19.6 Å². The van der Waals surface area contributed by atoms with Gasteiger partial charge in [-0.1, -0.05) is 66.7 Å². The van der Waals surface area contributed by atoms with Crippen molar-refractivity contribution in [3.63, 3.8) is 0 Å². The van der Waals surface area contributed by atoms with Crippen molar-refractivity contribution >= 4 is 5.97 Å². The molecule has 0 saturated heterocycles. The van der Waals surface area contributed by atoms with Gasteiger partial charge in [-0.2, -0.15) is 0 Å². The van der Waals surface area contributed by atoms with Crippen LogP contribution < -0.4 is 0 Å². The molecule has 23 heavy (non-hydrogen) atoms. The van der Waals surface area contributed by atoms with Gasteiger partial charge in [0.25, 0.3) is 0 Å². The summed E-state index contributed by atoms with van der Waals surface area (Å²) in [5, 5.41) is 8.80. The summed E-state index contributed by atoms with van der Waals surface area (Å²) in [6, 6.07) is 18.1. The Morgan fingerprint density at radius 1 is 0.957 bits per heavy atom. The average Bonchev–Trinajstić information content (AvgIpc) is 2.58. The standard InChI is InChI=1S/C20H22O3/c21-20(22)14-13-19-11-5-4-10-18(19)12-6-7-15-23-16-17-8-2-1-3-9-17/h1-11H,12-16H2,(H,21,22)/b7-6+. The predicted octanol–water partition coefficient (Wildman–Crippen LogP) is 4.02. The van der Waals surface area contributed by atoms with Gasteiger partial charge in [-0.25, -0.2) is 0 Å². The van der Waals surface area contributed by atoms with E-state index in [1.807, 2.05) is 60.7 Å². The second-order valence-corrected chi connectivity index (χ2v) is 5.34. The van der Waals surface area contributed by atoms with Gasteiger partial charge in [-0.05, 0) is 29.5 Å². The van der Waals surface area contributed by atoms with E-state index in [1.165, 1.54) is 11.1 Å². The highest BCUT2D eigenvalue weighted by molar-refractivity contribution is 5.67. The van der Waals surface area contributed by atoms with Gasteiger partial charge in [0.2, 0.25) is 0 Å². The number of rotatable bonds is 9. The minimum atomic E-state index is -0.760. The van der Waals surface area contributed by atoms with Gasteiger partial charge in [0.05, 0.1) is 13.2 Å². The van der Waals surface area contributed by atoms with Crippen LogP contribution in [0.3, 0.4) is 0 Å². The van der Waals surface area contributed by atoms with Crippen molar-refractivity contribution in [1.82, 2.24) is 0 Å². The molecular weight excluding hydrogens is 288 g/mol. The van der Waals surface area contributed by atoms with E-state index < -0.39 is 5.97 Å². The van der Waals surface area contributed by atoms with Crippen LogP contribution in [0.25, 0.3) is 0 Å². The Morgan fingerprint density at radius 2 is 1.65 bits per heavy atom. The molecule has 0 aliphatic heterocycles. The van der Waals surface area contributed by atoms with Crippen molar-refractivity contribution < 1.29 is 14.6 Å². The number of carboxylic acid groups (broad SMARTS) is 1. The van der Waals surface area contributed by atoms with Crippen LogP contribution in [0.1, 0.15) is 23.1 Å². The van der Waals surface area contributed by atoms with E-state index in [9.17, 15) is 4.79 Å². The Labute approximate surface area is 137 Å². The lowest BCUT2D eigenvalue weighted by atomic mass is 10.0. The van der Waals surface area contributed by atoms with Gasteiger partial charge in [0.1, 0.15) is 0 Å². The second-order valence-electron chi connectivity index (χ2n) is 5.34. The number of carboxylic acids is 1. The molecule has 0 amide bonds. The van der Waals surface area contributed by atoms with E-state index in [4.69, 9.17) is 9.84 Å². The number of benzene rings is 2. The monoisotopic (exact) mass is 310 g/mol. The molecule has 0 unspecified atom stereocenters. The molecule has 2 aromatic rings. The molecule has 0 bridgehead atoms. The smallest absolute Gasteiger partial charge is 0.303 e. The molecule has 0 aliphatic rings. The molecule has 0 aromatic heterocycles. The highest BCUT2D eigenvalue weighted by atomic mass is 16.5. The van der Waals surface area contributed by atoms with Crippen molar-refractivity contribution in [2.75, 3.05) is 6.61 Å². The summed E-state index contributed by atoms with van der Waals surface area (Å²) in [6.45, 7) is 1.19. The Morgan fingerprint density at radius 3 is 2.39 bits per heavy atom. The number of ether oxygens (including phenoxy) is 1. The lowest BCUT2D eigenvalue weighted by molar-refractivity contribution is -0.136. The normalized spacial score (nSPS) is 11.0. The van der Waals surface area contributed by atoms with Crippen LogP contribution in [0, 0.1) is 0 Å². The first kappa shape index (κ1) is 17.0. The average molecular weight is 310 g/mol. The maximum atomic E-state index is 10.7. The SMILES string of the molecule is O=C(O)CCc1ccccc1C/C=C/COCc1ccccc1. The summed E-state index contributed by atoms with van der Waals surface area (Å²) in [5.41, 5.74) is 3.44. The van der Waals surface area contributed by atoms with Crippen LogP contribution in [0.15, 0.2) is 66.7 Å². The molecule has 2 rings (SSSR count). The molecular formula is C20H22O3. The molecule has 0 spiro atoms. The summed E-state index contributed by atoms with van der Waals surface area (Å²) in [7, 11) is 0. The Hall–Kier alpha value is -2.39. The number of carbonyl (C=O) groups is 1. The zero-order valence-electron chi connectivity index (χ0n) is 13.2. The first-order valence-corrected chi connectivity index (χ1v) is 7.81. The van der Waals surface area contributed by atoms with Crippen molar-refractivity contribution in [2.45, 2.75) is 25.9 Å². The van der Waals surface area contributed by atoms with E-state index in [0.717, 1.165) is 12.0 Å². The molecule has 3 nitrogen and oxygen atoms in total. The summed E-state index contributed by atoms with van der Waals surface area (Å²) >= 11 is 0. The molecule has 0 radical (unpaired) electrons. The molecule has 0 heterocycles. The van der Waals surface area contributed by atoms with Gasteiger partial charge in [-0.3, -0.25) is 4.79 Å². The maximum absolute atomic E-state index is 10.7.